The fraction of sp³-hybridized carbons (Fsp3) is 0.250. The highest BCUT2D eigenvalue weighted by atomic mass is 16.5. The summed E-state index contributed by atoms with van der Waals surface area (Å²) in [7, 11) is 0. The van der Waals surface area contributed by atoms with Crippen molar-refractivity contribution in [1.29, 1.82) is 0 Å². The molecule has 4 rings (SSSR count). The molecule has 3 aromatic rings. The number of carbonyl (C=O) groups excluding carboxylic acids is 1. The number of hydrogen-bond donors (Lipinski definition) is 3. The third-order valence-corrected chi connectivity index (χ3v) is 4.92. The van der Waals surface area contributed by atoms with Crippen LogP contribution >= 0.6 is 0 Å². The summed E-state index contributed by atoms with van der Waals surface area (Å²) in [5.41, 5.74) is 3.48. The Kier molecular flexibility index (Phi) is 4.70. The van der Waals surface area contributed by atoms with Crippen molar-refractivity contribution in [1.82, 2.24) is 20.3 Å². The van der Waals surface area contributed by atoms with Crippen molar-refractivity contribution >= 4 is 16.8 Å². The van der Waals surface area contributed by atoms with Gasteiger partial charge < -0.3 is 5.32 Å². The first kappa shape index (κ1) is 17.4. The number of nitrogens with one attached hydrogen (secondary N) is 2. The van der Waals surface area contributed by atoms with Gasteiger partial charge in [0.1, 0.15) is 5.82 Å². The average Bonchev–Trinajstić information content (AvgIpc) is 3.24. The molecule has 1 aliphatic heterocycles. The molecule has 1 atom stereocenters. The number of aromatic nitrogens is 2. The topological polar surface area (TPSA) is 96.2 Å². The normalized spacial score (nSPS) is 16.6. The summed E-state index contributed by atoms with van der Waals surface area (Å²) in [5, 5.41) is 12.7. The molecule has 0 spiro atoms. The lowest BCUT2D eigenvalue weighted by Gasteiger charge is -2.18. The van der Waals surface area contributed by atoms with Crippen LogP contribution in [0.5, 0.6) is 0 Å². The van der Waals surface area contributed by atoms with E-state index in [1.807, 2.05) is 18.2 Å². The minimum absolute atomic E-state index is 0.0572. The minimum Gasteiger partial charge on any atom is -0.307 e. The van der Waals surface area contributed by atoms with Crippen molar-refractivity contribution in [2.24, 2.45) is 0 Å². The molecular formula is C20H20N4O3. The zero-order valence-corrected chi connectivity index (χ0v) is 14.7. The number of amides is 1. The fourth-order valence-electron chi connectivity index (χ4n) is 3.52. The van der Waals surface area contributed by atoms with Crippen molar-refractivity contribution in [3.05, 3.63) is 75.8 Å². The number of nitrogens with zero attached hydrogens (tertiary/aromatic N) is 2. The Balaban J connectivity index is 1.77. The molecule has 7 heteroatoms. The first-order valence-electron chi connectivity index (χ1n) is 8.93. The third kappa shape index (κ3) is 3.34. The molecule has 2 aromatic carbocycles. The summed E-state index contributed by atoms with van der Waals surface area (Å²) in [5.74, 6) is 0.176. The number of para-hydroxylation sites is 1. The molecular weight excluding hydrogens is 344 g/mol. The van der Waals surface area contributed by atoms with Crippen LogP contribution in [0.2, 0.25) is 0 Å². The molecule has 1 saturated heterocycles. The first-order chi connectivity index (χ1) is 13.2. The number of carbonyl (C=O) groups is 1. The van der Waals surface area contributed by atoms with Crippen molar-refractivity contribution in [3.63, 3.8) is 0 Å². The molecule has 0 bridgehead atoms. The predicted octanol–water partition coefficient (Wildman–Crippen LogP) is 1.99. The summed E-state index contributed by atoms with van der Waals surface area (Å²) < 4.78 is 1.71. The second-order valence-electron chi connectivity index (χ2n) is 6.67. The lowest BCUT2D eigenvalue weighted by atomic mass is 10.1. The van der Waals surface area contributed by atoms with Crippen LogP contribution in [0.4, 0.5) is 0 Å². The Morgan fingerprint density at radius 2 is 2.00 bits per heavy atom. The molecule has 1 aromatic heterocycles. The molecule has 2 heterocycles. The van der Waals surface area contributed by atoms with E-state index in [4.69, 9.17) is 10.2 Å². The number of benzene rings is 2. The molecule has 7 nitrogen and oxygen atoms in total. The van der Waals surface area contributed by atoms with Crippen molar-refractivity contribution < 1.29 is 10.0 Å². The Labute approximate surface area is 155 Å². The maximum absolute atomic E-state index is 13.1. The van der Waals surface area contributed by atoms with Gasteiger partial charge in [-0.15, -0.1) is 0 Å². The van der Waals surface area contributed by atoms with Gasteiger partial charge in [-0.3, -0.25) is 19.4 Å². The van der Waals surface area contributed by atoms with Crippen LogP contribution in [0, 0.1) is 0 Å². The minimum atomic E-state index is -0.568. The highest BCUT2D eigenvalue weighted by Crippen LogP contribution is 2.23. The molecule has 138 valence electrons. The van der Waals surface area contributed by atoms with E-state index < -0.39 is 5.91 Å². The predicted molar refractivity (Wildman–Crippen MR) is 101 cm³/mol. The quantitative estimate of drug-likeness (QED) is 0.486. The summed E-state index contributed by atoms with van der Waals surface area (Å²) in [6, 6.07) is 14.2. The Hall–Kier alpha value is -3.03. The van der Waals surface area contributed by atoms with Crippen LogP contribution < -0.4 is 16.4 Å². The lowest BCUT2D eigenvalue weighted by Crippen LogP contribution is -2.30. The van der Waals surface area contributed by atoms with E-state index in [2.05, 4.69) is 5.32 Å². The molecule has 1 aliphatic rings. The van der Waals surface area contributed by atoms with Gasteiger partial charge in [0.15, 0.2) is 0 Å². The van der Waals surface area contributed by atoms with E-state index in [1.54, 1.807) is 40.4 Å². The van der Waals surface area contributed by atoms with Crippen LogP contribution in [-0.4, -0.2) is 27.2 Å². The number of rotatable bonds is 4. The van der Waals surface area contributed by atoms with Crippen molar-refractivity contribution in [2.75, 3.05) is 6.54 Å². The molecule has 27 heavy (non-hydrogen) atoms. The van der Waals surface area contributed by atoms with Gasteiger partial charge in [-0.05, 0) is 49.2 Å². The van der Waals surface area contributed by atoms with Gasteiger partial charge in [-0.1, -0.05) is 24.3 Å². The molecule has 1 amide bonds. The number of hydroxylamine groups is 1. The Morgan fingerprint density at radius 3 is 2.70 bits per heavy atom. The first-order valence-corrected chi connectivity index (χ1v) is 8.93. The SMILES string of the molecule is O=C(NO)c1ccc(Cn2c([C@@H]3CCCN3)nc3ccccc3c2=O)cc1. The zero-order chi connectivity index (χ0) is 18.8. The summed E-state index contributed by atoms with van der Waals surface area (Å²) in [6.45, 7) is 1.28. The zero-order valence-electron chi connectivity index (χ0n) is 14.7. The van der Waals surface area contributed by atoms with E-state index in [9.17, 15) is 9.59 Å². The van der Waals surface area contributed by atoms with Gasteiger partial charge in [0.25, 0.3) is 11.5 Å². The maximum atomic E-state index is 13.1. The molecule has 0 saturated carbocycles. The fourth-order valence-corrected chi connectivity index (χ4v) is 3.52. The van der Waals surface area contributed by atoms with Gasteiger partial charge in [0, 0.05) is 5.56 Å². The Bertz CT molecular complexity index is 1040. The van der Waals surface area contributed by atoms with Gasteiger partial charge in [-0.2, -0.15) is 0 Å². The van der Waals surface area contributed by atoms with Crippen LogP contribution in [0.1, 0.15) is 40.6 Å². The van der Waals surface area contributed by atoms with Gasteiger partial charge in [0.2, 0.25) is 0 Å². The molecule has 0 radical (unpaired) electrons. The molecule has 0 unspecified atom stereocenters. The van der Waals surface area contributed by atoms with E-state index >= 15 is 0 Å². The standard InChI is InChI=1S/C20H20N4O3/c25-19(23-27)14-9-7-13(8-10-14)12-24-18(17-6-3-11-21-17)22-16-5-2-1-4-15(16)20(24)26/h1-2,4-5,7-10,17,21,27H,3,6,11-12H2,(H,23,25)/t17-/m0/s1. The van der Waals surface area contributed by atoms with Crippen LogP contribution in [0.3, 0.4) is 0 Å². The lowest BCUT2D eigenvalue weighted by molar-refractivity contribution is 0.0706. The third-order valence-electron chi connectivity index (χ3n) is 4.92. The molecule has 0 aliphatic carbocycles. The van der Waals surface area contributed by atoms with Crippen molar-refractivity contribution in [3.8, 4) is 0 Å². The summed E-state index contributed by atoms with van der Waals surface area (Å²) >= 11 is 0. The van der Waals surface area contributed by atoms with E-state index in [1.165, 1.54) is 0 Å². The van der Waals surface area contributed by atoms with Crippen molar-refractivity contribution in [2.45, 2.75) is 25.4 Å². The number of fused-ring (bicyclic) bond motifs is 1. The molecule has 3 N–H and O–H groups in total. The monoisotopic (exact) mass is 364 g/mol. The molecule has 1 fully saturated rings. The van der Waals surface area contributed by atoms with Gasteiger partial charge in [0.05, 0.1) is 23.5 Å². The van der Waals surface area contributed by atoms with E-state index in [-0.39, 0.29) is 11.6 Å². The summed E-state index contributed by atoms with van der Waals surface area (Å²) in [4.78, 5) is 29.4. The second kappa shape index (κ2) is 7.30. The number of hydrogen-bond acceptors (Lipinski definition) is 5. The highest BCUT2D eigenvalue weighted by molar-refractivity contribution is 5.93. The van der Waals surface area contributed by atoms with Crippen LogP contribution in [0.25, 0.3) is 10.9 Å². The summed E-state index contributed by atoms with van der Waals surface area (Å²) in [6.07, 6.45) is 2.00. The largest absolute Gasteiger partial charge is 0.307 e. The highest BCUT2D eigenvalue weighted by Gasteiger charge is 2.23. The van der Waals surface area contributed by atoms with E-state index in [0.717, 1.165) is 30.8 Å². The maximum Gasteiger partial charge on any atom is 0.274 e. The van der Waals surface area contributed by atoms with E-state index in [0.29, 0.717) is 23.0 Å². The second-order valence-corrected chi connectivity index (χ2v) is 6.67. The van der Waals surface area contributed by atoms with Crippen LogP contribution in [0.15, 0.2) is 53.3 Å². The van der Waals surface area contributed by atoms with Gasteiger partial charge in [-0.25, -0.2) is 10.5 Å². The smallest absolute Gasteiger partial charge is 0.274 e. The van der Waals surface area contributed by atoms with Crippen LogP contribution in [-0.2, 0) is 6.54 Å². The van der Waals surface area contributed by atoms with Gasteiger partial charge >= 0.3 is 0 Å². The Morgan fingerprint density at radius 1 is 1.22 bits per heavy atom. The average molecular weight is 364 g/mol.